The maximum atomic E-state index is 11.1. The molecule has 6 nitrogen and oxygen atoms in total. The van der Waals surface area contributed by atoms with Crippen molar-refractivity contribution in [1.82, 2.24) is 9.97 Å². The van der Waals surface area contributed by atoms with Gasteiger partial charge in [0.15, 0.2) is 0 Å². The number of benzene rings is 2. The van der Waals surface area contributed by atoms with Crippen LogP contribution in [0.2, 0.25) is 0 Å². The molecule has 0 bridgehead atoms. The number of aromatic nitrogens is 2. The molecule has 0 atom stereocenters. The Hall–Kier alpha value is -2.99. The summed E-state index contributed by atoms with van der Waals surface area (Å²) < 4.78 is 24.8. The van der Waals surface area contributed by atoms with Crippen molar-refractivity contribution in [2.24, 2.45) is 7.47 Å². The average molecular weight is 708 g/mol. The molecule has 0 aliphatic rings. The van der Waals surface area contributed by atoms with Gasteiger partial charge < -0.3 is 0 Å². The third-order valence-corrected chi connectivity index (χ3v) is 9.28. The molecule has 0 N–H and O–H groups in total. The third-order valence-electron chi connectivity index (χ3n) is 7.99. The van der Waals surface area contributed by atoms with Crippen molar-refractivity contribution in [1.29, 1.82) is 0 Å². The van der Waals surface area contributed by atoms with Gasteiger partial charge in [0.2, 0.25) is 0 Å². The van der Waals surface area contributed by atoms with Gasteiger partial charge in [0, 0.05) is 22.2 Å². The number of halogens is 2. The SMILES string of the molecule is Cc1cc2nc(C)c(C)c(C)c2c(C)c1C.Cc1cc2nc(C)c(C)c(C)c2c(C)c1C.O=[N][W]([F])([F])[N]=O. The maximum absolute atomic E-state index is 11.1. The Balaban J connectivity index is 0.000000222. The van der Waals surface area contributed by atoms with Crippen LogP contribution in [0.3, 0.4) is 0 Å². The molecule has 0 spiro atoms. The van der Waals surface area contributed by atoms with E-state index in [0.717, 1.165) is 22.4 Å². The van der Waals surface area contributed by atoms with Gasteiger partial charge in [0.05, 0.1) is 11.0 Å². The van der Waals surface area contributed by atoms with Gasteiger partial charge in [0.25, 0.3) is 0 Å². The van der Waals surface area contributed by atoms with Crippen molar-refractivity contribution in [3.8, 4) is 0 Å². The second-order valence-corrected chi connectivity index (χ2v) is 14.2. The van der Waals surface area contributed by atoms with Gasteiger partial charge in [-0.25, -0.2) is 0 Å². The zero-order valence-corrected chi connectivity index (χ0v) is 27.9. The van der Waals surface area contributed by atoms with Gasteiger partial charge in [0.1, 0.15) is 0 Å². The molecule has 0 aliphatic heterocycles. The summed E-state index contributed by atoms with van der Waals surface area (Å²) in [7, 11) is 0. The fraction of sp³-hybridized carbons (Fsp3) is 0.400. The molecule has 2 aromatic carbocycles. The molecule has 9 heteroatoms. The fourth-order valence-electron chi connectivity index (χ4n) is 4.71. The van der Waals surface area contributed by atoms with Crippen molar-refractivity contribution in [2.45, 2.75) is 83.1 Å². The van der Waals surface area contributed by atoms with Crippen LogP contribution in [0, 0.1) is 92.9 Å². The first-order valence-electron chi connectivity index (χ1n) is 12.6. The summed E-state index contributed by atoms with van der Waals surface area (Å²) in [5.41, 5.74) is 18.2. The summed E-state index contributed by atoms with van der Waals surface area (Å²) >= 11 is -6.13. The molecular weight excluding hydrogens is 670 g/mol. The van der Waals surface area contributed by atoms with Crippen molar-refractivity contribution in [2.75, 3.05) is 0 Å². The Morgan fingerprint density at radius 1 is 0.513 bits per heavy atom. The minimum absolute atomic E-state index is 1.14. The van der Waals surface area contributed by atoms with Crippen LogP contribution in [-0.2, 0) is 17.6 Å². The summed E-state index contributed by atoms with van der Waals surface area (Å²) in [6.07, 6.45) is 0. The van der Waals surface area contributed by atoms with E-state index in [1.165, 1.54) is 73.9 Å². The van der Waals surface area contributed by atoms with E-state index < -0.39 is 17.6 Å². The first-order valence-corrected chi connectivity index (χ1v) is 17.4. The van der Waals surface area contributed by atoms with Crippen molar-refractivity contribution in [3.63, 3.8) is 0 Å². The van der Waals surface area contributed by atoms with Gasteiger partial charge in [-0.05, 0) is 151 Å². The van der Waals surface area contributed by atoms with Gasteiger partial charge in [-0.3, -0.25) is 9.97 Å². The van der Waals surface area contributed by atoms with E-state index in [1.54, 1.807) is 0 Å². The first kappa shape index (κ1) is 32.2. The quantitative estimate of drug-likeness (QED) is 0.194. The van der Waals surface area contributed by atoms with Crippen LogP contribution in [-0.4, -0.2) is 9.97 Å². The second kappa shape index (κ2) is 12.5. The molecule has 0 aliphatic carbocycles. The topological polar surface area (TPSA) is 84.6 Å². The number of nitrogens with zero attached hydrogens (tertiary/aromatic N) is 4. The normalized spacial score (nSPS) is 11.4. The number of hydrogen-bond donors (Lipinski definition) is 0. The second-order valence-electron chi connectivity index (χ2n) is 10.1. The number of pyridine rings is 2. The molecule has 4 rings (SSSR count). The van der Waals surface area contributed by atoms with E-state index in [-0.39, 0.29) is 0 Å². The number of nitroso groups, excluding NO2 is 2. The molecule has 2 heterocycles. The standard InChI is InChI=1S/2C15H19N.2FH.2NO.W/c2*1-8-7-14-15(11(4)9(8)2)12(5)10(3)13(6)16-14;;;2*1-2;/h2*7H,1-6H3;2*1H;;;/q;;;;2*-1;+4/p-2. The molecule has 210 valence electrons. The molecule has 0 radical (unpaired) electrons. The molecule has 39 heavy (non-hydrogen) atoms. The van der Waals surface area contributed by atoms with Gasteiger partial charge in [-0.1, -0.05) is 0 Å². The molecule has 4 aromatic rings. The molecule has 0 unspecified atom stereocenters. The number of hydrogen-bond acceptors (Lipinski definition) is 6. The molecule has 2 aromatic heterocycles. The predicted octanol–water partition coefficient (Wildman–Crippen LogP) is 9.44. The zero-order chi connectivity index (χ0) is 30.0. The number of fused-ring (bicyclic) bond motifs is 2. The van der Waals surface area contributed by atoms with Crippen LogP contribution >= 0.6 is 0 Å². The van der Waals surface area contributed by atoms with E-state index >= 15 is 0 Å². The Labute approximate surface area is 234 Å². The molecule has 0 amide bonds. The van der Waals surface area contributed by atoms with Crippen molar-refractivity contribution >= 4 is 21.8 Å². The number of rotatable bonds is 2. The zero-order valence-electron chi connectivity index (χ0n) is 24.9. The van der Waals surface area contributed by atoms with Crippen LogP contribution in [0.5, 0.6) is 0 Å². The minimum atomic E-state index is -6.13. The van der Waals surface area contributed by atoms with Crippen molar-refractivity contribution < 1.29 is 23.9 Å². The predicted molar refractivity (Wildman–Crippen MR) is 154 cm³/mol. The van der Waals surface area contributed by atoms with E-state index in [0.29, 0.717) is 0 Å². The van der Waals surface area contributed by atoms with E-state index in [1.807, 2.05) is 0 Å². The molecule has 0 saturated carbocycles. The Morgan fingerprint density at radius 3 is 1.05 bits per heavy atom. The van der Waals surface area contributed by atoms with Crippen LogP contribution in [0.25, 0.3) is 21.8 Å². The molecule has 0 fully saturated rings. The summed E-state index contributed by atoms with van der Waals surface area (Å²) in [4.78, 5) is 27.1. The summed E-state index contributed by atoms with van der Waals surface area (Å²) in [5, 5.41) is 2.68. The molecular formula is C30H38F2N4O2W. The summed E-state index contributed by atoms with van der Waals surface area (Å²) in [6, 6.07) is 4.41. The fourth-order valence-corrected chi connectivity index (χ4v) is 4.80. The van der Waals surface area contributed by atoms with Crippen LogP contribution < -0.4 is 0 Å². The Kier molecular flexibility index (Phi) is 10.3. The Morgan fingerprint density at radius 2 is 0.795 bits per heavy atom. The van der Waals surface area contributed by atoms with Gasteiger partial charge in [-0.2, -0.15) is 0 Å². The monoisotopic (exact) mass is 708 g/mol. The van der Waals surface area contributed by atoms with Crippen LogP contribution in [0.15, 0.2) is 19.6 Å². The Bertz CT molecular complexity index is 1390. The van der Waals surface area contributed by atoms with Crippen LogP contribution in [0.4, 0.5) is 6.32 Å². The van der Waals surface area contributed by atoms with Crippen LogP contribution in [0.1, 0.15) is 67.0 Å². The van der Waals surface area contributed by atoms with Gasteiger partial charge >= 0.3 is 41.2 Å². The van der Waals surface area contributed by atoms with E-state index in [4.69, 9.17) is 19.8 Å². The first-order chi connectivity index (χ1) is 18.0. The molecule has 0 saturated heterocycles. The summed E-state index contributed by atoms with van der Waals surface area (Å²) in [6.45, 7) is 26.0. The van der Waals surface area contributed by atoms with E-state index in [9.17, 15) is 6.32 Å². The average Bonchev–Trinajstić information content (AvgIpc) is 2.88. The third kappa shape index (κ3) is 6.78. The number of aryl methyl sites for hydroxylation is 8. The van der Waals surface area contributed by atoms with Gasteiger partial charge in [-0.15, -0.1) is 0 Å². The van der Waals surface area contributed by atoms with E-state index in [2.05, 4.69) is 95.2 Å². The van der Waals surface area contributed by atoms with Crippen molar-refractivity contribution in [3.05, 3.63) is 89.0 Å². The summed E-state index contributed by atoms with van der Waals surface area (Å²) in [5.74, 6) is 0.